The molecule has 62 heavy (non-hydrogen) atoms. The predicted octanol–water partition coefficient (Wildman–Crippen LogP) is 12.9. The normalized spacial score (nSPS) is 23.3. The Bertz CT molecular complexity index is 2580. The molecule has 310 valence electrons. The van der Waals surface area contributed by atoms with Crippen LogP contribution in [0.1, 0.15) is 97.8 Å². The Hall–Kier alpha value is -6.14. The van der Waals surface area contributed by atoms with Crippen LogP contribution in [0, 0.1) is 22.7 Å². The molecule has 0 radical (unpaired) electrons. The van der Waals surface area contributed by atoms with Crippen molar-refractivity contribution in [3.8, 4) is 56.5 Å². The number of methoxy groups -OCH3 is 2. The van der Waals surface area contributed by atoms with Gasteiger partial charge in [-0.25, -0.2) is 0 Å². The second kappa shape index (κ2) is 14.8. The van der Waals surface area contributed by atoms with E-state index in [1.807, 2.05) is 36.7 Å². The zero-order valence-corrected chi connectivity index (χ0v) is 36.6. The fourth-order valence-electron chi connectivity index (χ4n) is 12.0. The number of nitrogens with zero attached hydrogens (tertiary/aromatic N) is 4. The molecule has 4 aromatic heterocycles. The van der Waals surface area contributed by atoms with Crippen LogP contribution in [-0.4, -0.2) is 34.2 Å². The summed E-state index contributed by atoms with van der Waals surface area (Å²) in [6.45, 7) is 9.89. The maximum absolute atomic E-state index is 5.43. The smallest absolute Gasteiger partial charge is 0.118 e. The first-order valence-electron chi connectivity index (χ1n) is 22.4. The van der Waals surface area contributed by atoms with Crippen LogP contribution in [0.15, 0.2) is 134 Å². The van der Waals surface area contributed by atoms with Crippen molar-refractivity contribution in [3.05, 3.63) is 167 Å². The van der Waals surface area contributed by atoms with Crippen molar-refractivity contribution in [1.82, 2.24) is 19.9 Å². The summed E-state index contributed by atoms with van der Waals surface area (Å²) in [4.78, 5) is 20.7. The molecule has 2 fully saturated rings. The summed E-state index contributed by atoms with van der Waals surface area (Å²) < 4.78 is 10.7. The van der Waals surface area contributed by atoms with E-state index in [0.717, 1.165) is 69.4 Å². The lowest BCUT2D eigenvalue weighted by Crippen LogP contribution is -2.51. The second-order valence-corrected chi connectivity index (χ2v) is 19.5. The fourth-order valence-corrected chi connectivity index (χ4v) is 12.0. The molecule has 6 aliphatic carbocycles. The Morgan fingerprint density at radius 1 is 0.452 bits per heavy atom. The summed E-state index contributed by atoms with van der Waals surface area (Å²) in [7, 11) is 3.39. The molecule has 7 aromatic rings. The lowest BCUT2D eigenvalue weighted by Gasteiger charge is -2.60. The highest BCUT2D eigenvalue weighted by Gasteiger charge is 2.58. The van der Waals surface area contributed by atoms with Gasteiger partial charge in [0, 0.05) is 46.7 Å². The van der Waals surface area contributed by atoms with Crippen molar-refractivity contribution >= 4 is 0 Å². The minimum Gasteiger partial charge on any atom is -0.497 e. The summed E-state index contributed by atoms with van der Waals surface area (Å²) in [6.07, 6.45) is 8.40. The molecule has 0 spiro atoms. The fraction of sp³-hybridized carbons (Fsp3) is 0.321. The van der Waals surface area contributed by atoms with E-state index in [1.54, 1.807) is 14.2 Å². The van der Waals surface area contributed by atoms with E-state index >= 15 is 0 Å². The highest BCUT2D eigenvalue weighted by molar-refractivity contribution is 5.68. The Balaban J connectivity index is 0.834. The Morgan fingerprint density at radius 3 is 1.16 bits per heavy atom. The molecule has 0 aliphatic heterocycles. The largest absolute Gasteiger partial charge is 0.497 e. The van der Waals surface area contributed by atoms with Crippen LogP contribution in [0.4, 0.5) is 0 Å². The number of hydrogen-bond acceptors (Lipinski definition) is 6. The van der Waals surface area contributed by atoms with Crippen LogP contribution in [0.5, 0.6) is 11.5 Å². The average Bonchev–Trinajstić information content (AvgIpc) is 3.31. The molecule has 6 atom stereocenters. The van der Waals surface area contributed by atoms with Crippen LogP contribution >= 0.6 is 0 Å². The molecule has 3 aromatic carbocycles. The lowest BCUT2D eigenvalue weighted by atomic mass is 9.44. The zero-order valence-electron chi connectivity index (χ0n) is 36.6. The zero-order chi connectivity index (χ0) is 42.3. The van der Waals surface area contributed by atoms with Crippen LogP contribution in [-0.2, 0) is 12.8 Å². The molecule has 0 unspecified atom stereocenters. The van der Waals surface area contributed by atoms with Crippen LogP contribution in [0.2, 0.25) is 0 Å². The average molecular weight is 815 g/mol. The number of pyridine rings is 4. The van der Waals surface area contributed by atoms with Crippen molar-refractivity contribution < 1.29 is 9.47 Å². The Kier molecular flexibility index (Phi) is 9.22. The highest BCUT2D eigenvalue weighted by atomic mass is 16.5. The molecule has 4 bridgehead atoms. The molecular formula is C56H54N4O2. The van der Waals surface area contributed by atoms with Gasteiger partial charge in [-0.05, 0) is 142 Å². The van der Waals surface area contributed by atoms with Gasteiger partial charge in [0.15, 0.2) is 0 Å². The van der Waals surface area contributed by atoms with Crippen LogP contribution in [0.3, 0.4) is 0 Å². The SMILES string of the molecule is COc1ccc(-c2ccc(-c3ccc4c(n3)[C@@H](Cc3ccc(C[C@@H]5c6nc(-c7ccc(-c8ccc(OC)cc8)cn7)ccc6[C@@H]6C[C@H]5C6(C)C)cc3)[C@H]3C[C@@H]4C3(C)C)nc2)cc1. The van der Waals surface area contributed by atoms with Gasteiger partial charge < -0.3 is 9.47 Å². The highest BCUT2D eigenvalue weighted by Crippen LogP contribution is 2.68. The van der Waals surface area contributed by atoms with E-state index in [1.165, 1.54) is 46.5 Å². The van der Waals surface area contributed by atoms with Crippen molar-refractivity contribution in [2.75, 3.05) is 14.2 Å². The monoisotopic (exact) mass is 814 g/mol. The molecule has 0 saturated heterocycles. The van der Waals surface area contributed by atoms with Gasteiger partial charge >= 0.3 is 0 Å². The first-order valence-corrected chi connectivity index (χ1v) is 22.4. The van der Waals surface area contributed by atoms with Gasteiger partial charge in [0.25, 0.3) is 0 Å². The van der Waals surface area contributed by atoms with E-state index in [-0.39, 0.29) is 10.8 Å². The van der Waals surface area contributed by atoms with Gasteiger partial charge in [-0.2, -0.15) is 0 Å². The van der Waals surface area contributed by atoms with Gasteiger partial charge in [0.05, 0.1) is 37.0 Å². The maximum atomic E-state index is 5.43. The molecule has 6 aliphatic rings. The maximum Gasteiger partial charge on any atom is 0.118 e. The van der Waals surface area contributed by atoms with E-state index in [0.29, 0.717) is 35.5 Å². The van der Waals surface area contributed by atoms with E-state index in [4.69, 9.17) is 29.4 Å². The van der Waals surface area contributed by atoms with Gasteiger partial charge in [0.2, 0.25) is 0 Å². The van der Waals surface area contributed by atoms with Crippen molar-refractivity contribution in [2.45, 2.75) is 77.0 Å². The van der Waals surface area contributed by atoms with Gasteiger partial charge in [-0.3, -0.25) is 19.9 Å². The minimum absolute atomic E-state index is 0.265. The van der Waals surface area contributed by atoms with Crippen molar-refractivity contribution in [3.63, 3.8) is 0 Å². The summed E-state index contributed by atoms with van der Waals surface area (Å²) in [5, 5.41) is 0. The second-order valence-electron chi connectivity index (χ2n) is 19.5. The van der Waals surface area contributed by atoms with E-state index < -0.39 is 0 Å². The van der Waals surface area contributed by atoms with Crippen molar-refractivity contribution in [2.24, 2.45) is 22.7 Å². The number of aromatic nitrogens is 4. The molecular weight excluding hydrogens is 761 g/mol. The summed E-state index contributed by atoms with van der Waals surface area (Å²) >= 11 is 0. The molecule has 2 saturated carbocycles. The minimum atomic E-state index is 0.265. The number of rotatable bonds is 10. The number of benzene rings is 3. The summed E-state index contributed by atoms with van der Waals surface area (Å²) in [5.41, 5.74) is 16.9. The molecule has 4 heterocycles. The van der Waals surface area contributed by atoms with Crippen LogP contribution < -0.4 is 9.47 Å². The first-order chi connectivity index (χ1) is 30.1. The first kappa shape index (κ1) is 38.8. The van der Waals surface area contributed by atoms with Crippen LogP contribution in [0.25, 0.3) is 45.0 Å². The molecule has 0 amide bonds. The van der Waals surface area contributed by atoms with Gasteiger partial charge in [-0.15, -0.1) is 0 Å². The Labute approximate surface area is 365 Å². The molecule has 6 nitrogen and oxygen atoms in total. The molecule has 0 N–H and O–H groups in total. The van der Waals surface area contributed by atoms with Crippen molar-refractivity contribution in [1.29, 1.82) is 0 Å². The molecule has 6 heteroatoms. The standard InChI is InChI=1S/C56H54N4O2/c1-55(2)45-29-47(55)43(53-41(45)21-25-51(59-53)49-23-15-37(31-57-49)35-11-17-39(61-5)18-12-35)27-33-7-9-34(10-8-33)28-44-48-30-46(56(48,3)4)42-22-26-52(60-54(42)44)50-24-16-38(32-58-50)36-13-19-40(62-6)20-14-36/h7-26,31-32,43-48H,27-30H2,1-6H3/t43-,44-,45-,46-,47+,48+/m0/s1. The van der Waals surface area contributed by atoms with E-state index in [2.05, 4.69) is 125 Å². The summed E-state index contributed by atoms with van der Waals surface area (Å²) in [6, 6.07) is 43.5. The topological polar surface area (TPSA) is 70.0 Å². The third-order valence-corrected chi connectivity index (χ3v) is 15.9. The number of ether oxygens (including phenoxy) is 2. The van der Waals surface area contributed by atoms with Gasteiger partial charge in [0.1, 0.15) is 11.5 Å². The number of hydrogen-bond donors (Lipinski definition) is 0. The summed E-state index contributed by atoms with van der Waals surface area (Å²) in [5.74, 6) is 4.77. The third-order valence-electron chi connectivity index (χ3n) is 15.9. The predicted molar refractivity (Wildman–Crippen MR) is 248 cm³/mol. The quantitative estimate of drug-likeness (QED) is 0.137. The molecule has 13 rings (SSSR count). The lowest BCUT2D eigenvalue weighted by molar-refractivity contribution is -0.00768. The third kappa shape index (κ3) is 6.36. The Morgan fingerprint density at radius 2 is 0.823 bits per heavy atom. The van der Waals surface area contributed by atoms with Gasteiger partial charge in [-0.1, -0.05) is 100 Å². The van der Waals surface area contributed by atoms with E-state index in [9.17, 15) is 0 Å².